The fourth-order valence-electron chi connectivity index (χ4n) is 3.70. The first kappa shape index (κ1) is 17.8. The van der Waals surface area contributed by atoms with Crippen LogP contribution in [0.4, 0.5) is 0 Å². The highest BCUT2D eigenvalue weighted by Crippen LogP contribution is 2.28. The minimum Gasteiger partial charge on any atom is -0.301 e. The lowest BCUT2D eigenvalue weighted by molar-refractivity contribution is 0.223. The van der Waals surface area contributed by atoms with Gasteiger partial charge < -0.3 is 4.90 Å². The fraction of sp³-hybridized carbons (Fsp3) is 0.625. The highest BCUT2D eigenvalue weighted by atomic mass is 32.2. The maximum atomic E-state index is 12.7. The van der Waals surface area contributed by atoms with Gasteiger partial charge in [-0.1, -0.05) is 30.3 Å². The van der Waals surface area contributed by atoms with Crippen molar-refractivity contribution in [3.05, 3.63) is 35.9 Å². The number of fused-ring (bicyclic) bond motifs is 1. The van der Waals surface area contributed by atoms with Crippen molar-refractivity contribution in [3.8, 4) is 0 Å². The zero-order valence-electron chi connectivity index (χ0n) is 13.8. The third-order valence-electron chi connectivity index (χ3n) is 5.11. The summed E-state index contributed by atoms with van der Waals surface area (Å²) in [5.41, 5.74) is 0.754. The summed E-state index contributed by atoms with van der Waals surface area (Å²) in [6.45, 7) is 1.19. The third-order valence-corrected chi connectivity index (χ3v) is 9.18. The number of nitrogens with zero attached hydrogens (tertiary/aromatic N) is 2. The number of sulfonamides is 1. The highest BCUT2D eigenvalue weighted by molar-refractivity contribution is 7.92. The van der Waals surface area contributed by atoms with Gasteiger partial charge in [0.1, 0.15) is 0 Å². The molecule has 2 fully saturated rings. The van der Waals surface area contributed by atoms with Gasteiger partial charge in [-0.15, -0.1) is 0 Å². The van der Waals surface area contributed by atoms with Gasteiger partial charge in [-0.25, -0.2) is 21.1 Å². The SMILES string of the molecule is CN1CCS(=O)(=O)[C@@H]2CCN(S(=O)(=O)Cc3ccccc3)CC[C@@H]21. The molecule has 0 N–H and O–H groups in total. The van der Waals surface area contributed by atoms with E-state index in [1.165, 1.54) is 4.31 Å². The summed E-state index contributed by atoms with van der Waals surface area (Å²) < 4.78 is 51.6. The van der Waals surface area contributed by atoms with Crippen molar-refractivity contribution in [2.45, 2.75) is 29.9 Å². The summed E-state index contributed by atoms with van der Waals surface area (Å²) in [5, 5.41) is -0.451. The van der Waals surface area contributed by atoms with E-state index < -0.39 is 25.1 Å². The van der Waals surface area contributed by atoms with Crippen LogP contribution in [0.5, 0.6) is 0 Å². The molecule has 0 saturated carbocycles. The van der Waals surface area contributed by atoms with E-state index in [0.717, 1.165) is 5.56 Å². The Bertz CT molecular complexity index is 778. The van der Waals surface area contributed by atoms with Crippen molar-refractivity contribution in [2.24, 2.45) is 0 Å². The van der Waals surface area contributed by atoms with E-state index in [0.29, 0.717) is 25.9 Å². The molecule has 8 heteroatoms. The monoisotopic (exact) mass is 372 g/mol. The zero-order valence-corrected chi connectivity index (χ0v) is 15.5. The molecule has 0 radical (unpaired) electrons. The number of rotatable bonds is 3. The van der Waals surface area contributed by atoms with E-state index in [2.05, 4.69) is 4.90 Å². The van der Waals surface area contributed by atoms with Gasteiger partial charge in [0, 0.05) is 25.7 Å². The van der Waals surface area contributed by atoms with Gasteiger partial charge in [0.25, 0.3) is 0 Å². The van der Waals surface area contributed by atoms with Crippen LogP contribution in [0.15, 0.2) is 30.3 Å². The standard InChI is InChI=1S/C16H24N2O4S2/c1-17-11-12-23(19,20)16-8-10-18(9-7-15(16)17)24(21,22)13-14-5-3-2-4-6-14/h2-6,15-16H,7-13H2,1H3/t15-,16+/m0/s1. The normalized spacial score (nSPS) is 28.9. The molecule has 0 aromatic heterocycles. The van der Waals surface area contributed by atoms with Crippen molar-refractivity contribution in [1.29, 1.82) is 0 Å². The molecule has 2 aliphatic rings. The summed E-state index contributed by atoms with van der Waals surface area (Å²) in [7, 11) is -4.64. The quantitative estimate of drug-likeness (QED) is 0.781. The molecule has 0 unspecified atom stereocenters. The van der Waals surface area contributed by atoms with Crippen molar-refractivity contribution in [2.75, 3.05) is 32.4 Å². The first-order valence-electron chi connectivity index (χ1n) is 8.23. The Morgan fingerprint density at radius 2 is 1.75 bits per heavy atom. The highest BCUT2D eigenvalue weighted by Gasteiger charge is 2.42. The predicted molar refractivity (Wildman–Crippen MR) is 93.9 cm³/mol. The maximum absolute atomic E-state index is 12.7. The second kappa shape index (κ2) is 6.74. The lowest BCUT2D eigenvalue weighted by Crippen LogP contribution is -2.52. The molecule has 0 bridgehead atoms. The van der Waals surface area contributed by atoms with E-state index in [1.807, 2.05) is 25.2 Å². The van der Waals surface area contributed by atoms with Crippen LogP contribution in [0.25, 0.3) is 0 Å². The molecule has 1 aromatic rings. The molecule has 134 valence electrons. The molecule has 2 atom stereocenters. The molecule has 2 saturated heterocycles. The Balaban J connectivity index is 1.77. The molecule has 24 heavy (non-hydrogen) atoms. The van der Waals surface area contributed by atoms with Crippen LogP contribution in [-0.4, -0.2) is 69.8 Å². The summed E-state index contributed by atoms with van der Waals surface area (Å²) >= 11 is 0. The van der Waals surface area contributed by atoms with Gasteiger partial charge in [0.05, 0.1) is 16.8 Å². The first-order chi connectivity index (χ1) is 11.3. The lowest BCUT2D eigenvalue weighted by atomic mass is 10.1. The van der Waals surface area contributed by atoms with E-state index >= 15 is 0 Å². The van der Waals surface area contributed by atoms with Crippen molar-refractivity contribution < 1.29 is 16.8 Å². The minimum atomic E-state index is -3.44. The summed E-state index contributed by atoms with van der Waals surface area (Å²) in [4.78, 5) is 2.07. The number of hydrogen-bond donors (Lipinski definition) is 0. The second-order valence-electron chi connectivity index (χ2n) is 6.67. The number of benzene rings is 1. The zero-order chi connectivity index (χ0) is 17.4. The van der Waals surface area contributed by atoms with Crippen molar-refractivity contribution >= 4 is 19.9 Å². The topological polar surface area (TPSA) is 74.8 Å². The first-order valence-corrected chi connectivity index (χ1v) is 11.6. The smallest absolute Gasteiger partial charge is 0.218 e. The number of sulfone groups is 1. The molecule has 0 aliphatic carbocycles. The number of hydrogen-bond acceptors (Lipinski definition) is 5. The van der Waals surface area contributed by atoms with E-state index in [1.54, 1.807) is 12.1 Å². The van der Waals surface area contributed by atoms with Crippen LogP contribution in [0.3, 0.4) is 0 Å². The average molecular weight is 373 g/mol. The molecular formula is C16H24N2O4S2. The Hall–Kier alpha value is -0.960. The lowest BCUT2D eigenvalue weighted by Gasteiger charge is -2.37. The molecule has 2 heterocycles. The predicted octanol–water partition coefficient (Wildman–Crippen LogP) is 0.710. The molecule has 6 nitrogen and oxygen atoms in total. The van der Waals surface area contributed by atoms with Crippen molar-refractivity contribution in [3.63, 3.8) is 0 Å². The van der Waals surface area contributed by atoms with Gasteiger partial charge in [0.2, 0.25) is 10.0 Å². The summed E-state index contributed by atoms with van der Waals surface area (Å²) in [6, 6.07) is 9.02. The van der Waals surface area contributed by atoms with Crippen LogP contribution < -0.4 is 0 Å². The molecular weight excluding hydrogens is 348 g/mol. The van der Waals surface area contributed by atoms with Crippen LogP contribution in [0.2, 0.25) is 0 Å². The molecule has 0 spiro atoms. The second-order valence-corrected chi connectivity index (χ2v) is 11.0. The van der Waals surface area contributed by atoms with Crippen LogP contribution in [-0.2, 0) is 25.6 Å². The van der Waals surface area contributed by atoms with Crippen LogP contribution in [0.1, 0.15) is 18.4 Å². The average Bonchev–Trinajstić information content (AvgIpc) is 2.77. The van der Waals surface area contributed by atoms with E-state index in [4.69, 9.17) is 0 Å². The molecule has 0 amide bonds. The molecule has 1 aromatic carbocycles. The Kier molecular flexibility index (Phi) is 5.01. The van der Waals surface area contributed by atoms with Gasteiger partial charge >= 0.3 is 0 Å². The molecule has 2 aliphatic heterocycles. The van der Waals surface area contributed by atoms with Gasteiger partial charge in [-0.05, 0) is 25.5 Å². The molecule has 3 rings (SSSR count). The van der Waals surface area contributed by atoms with E-state index in [9.17, 15) is 16.8 Å². The summed E-state index contributed by atoms with van der Waals surface area (Å²) in [5.74, 6) is 0.132. The van der Waals surface area contributed by atoms with Gasteiger partial charge in [-0.3, -0.25) is 0 Å². The maximum Gasteiger partial charge on any atom is 0.218 e. The van der Waals surface area contributed by atoms with Gasteiger partial charge in [0.15, 0.2) is 9.84 Å². The van der Waals surface area contributed by atoms with Crippen LogP contribution >= 0.6 is 0 Å². The third kappa shape index (κ3) is 3.66. The van der Waals surface area contributed by atoms with Gasteiger partial charge in [-0.2, -0.15) is 0 Å². The van der Waals surface area contributed by atoms with E-state index in [-0.39, 0.29) is 24.1 Å². The fourth-order valence-corrected chi connectivity index (χ4v) is 7.40. The minimum absolute atomic E-state index is 0.0359. The Morgan fingerprint density at radius 1 is 1.08 bits per heavy atom. The summed E-state index contributed by atoms with van der Waals surface area (Å²) in [6.07, 6.45) is 0.944. The Morgan fingerprint density at radius 3 is 2.46 bits per heavy atom. The largest absolute Gasteiger partial charge is 0.301 e. The van der Waals surface area contributed by atoms with Crippen molar-refractivity contribution in [1.82, 2.24) is 9.21 Å². The van der Waals surface area contributed by atoms with Crippen LogP contribution in [0, 0.1) is 0 Å². The Labute approximate surface area is 144 Å².